The molecule has 0 aliphatic heterocycles. The van der Waals surface area contributed by atoms with Crippen molar-refractivity contribution >= 4 is 23.0 Å². The standard InChI is InChI=1S/C14H16N2O2S/c1-9-3-4-12(14(17)18)13(7-9)15-6-5-11-8-19-10(2)16-11/h3-4,7-8,15H,5-6H2,1-2H3,(H,17,18). The summed E-state index contributed by atoms with van der Waals surface area (Å²) in [5.74, 6) is -0.910. The van der Waals surface area contributed by atoms with Gasteiger partial charge in [-0.05, 0) is 31.5 Å². The summed E-state index contributed by atoms with van der Waals surface area (Å²) < 4.78 is 0. The predicted octanol–water partition coefficient (Wildman–Crippen LogP) is 3.11. The van der Waals surface area contributed by atoms with Gasteiger partial charge in [0.15, 0.2) is 0 Å². The number of nitrogens with zero attached hydrogens (tertiary/aromatic N) is 1. The Hall–Kier alpha value is -1.88. The van der Waals surface area contributed by atoms with E-state index in [1.807, 2.05) is 25.3 Å². The van der Waals surface area contributed by atoms with E-state index in [-0.39, 0.29) is 0 Å². The Morgan fingerprint density at radius 2 is 2.21 bits per heavy atom. The van der Waals surface area contributed by atoms with Gasteiger partial charge in [0.25, 0.3) is 0 Å². The molecular weight excluding hydrogens is 260 g/mol. The molecule has 0 saturated carbocycles. The molecule has 4 nitrogen and oxygen atoms in total. The Bertz CT molecular complexity index is 593. The number of carboxylic acids is 1. The van der Waals surface area contributed by atoms with Gasteiger partial charge in [-0.3, -0.25) is 0 Å². The van der Waals surface area contributed by atoms with E-state index in [1.54, 1.807) is 23.5 Å². The molecule has 0 amide bonds. The Morgan fingerprint density at radius 1 is 1.42 bits per heavy atom. The summed E-state index contributed by atoms with van der Waals surface area (Å²) >= 11 is 1.63. The van der Waals surface area contributed by atoms with Gasteiger partial charge in [0.2, 0.25) is 0 Å². The summed E-state index contributed by atoms with van der Waals surface area (Å²) in [6.45, 7) is 4.60. The van der Waals surface area contributed by atoms with Gasteiger partial charge in [0.1, 0.15) is 0 Å². The molecule has 0 saturated heterocycles. The summed E-state index contributed by atoms with van der Waals surface area (Å²) in [6, 6.07) is 5.29. The summed E-state index contributed by atoms with van der Waals surface area (Å²) in [6.07, 6.45) is 0.789. The van der Waals surface area contributed by atoms with Crippen LogP contribution in [0.25, 0.3) is 0 Å². The van der Waals surface area contributed by atoms with Crippen LogP contribution in [0.3, 0.4) is 0 Å². The molecule has 0 radical (unpaired) electrons. The first-order valence-corrected chi connectivity index (χ1v) is 6.93. The lowest BCUT2D eigenvalue weighted by molar-refractivity contribution is 0.0698. The first-order chi connectivity index (χ1) is 9.06. The van der Waals surface area contributed by atoms with Gasteiger partial charge in [-0.1, -0.05) is 6.07 Å². The summed E-state index contributed by atoms with van der Waals surface area (Å²) in [7, 11) is 0. The van der Waals surface area contributed by atoms with Crippen molar-refractivity contribution in [1.82, 2.24) is 4.98 Å². The molecule has 0 fully saturated rings. The zero-order chi connectivity index (χ0) is 13.8. The smallest absolute Gasteiger partial charge is 0.337 e. The van der Waals surface area contributed by atoms with Gasteiger partial charge < -0.3 is 10.4 Å². The molecule has 0 aliphatic rings. The third-order valence-corrected chi connectivity index (χ3v) is 3.59. The van der Waals surface area contributed by atoms with Crippen molar-refractivity contribution in [2.75, 3.05) is 11.9 Å². The lowest BCUT2D eigenvalue weighted by atomic mass is 10.1. The maximum Gasteiger partial charge on any atom is 0.337 e. The second kappa shape index (κ2) is 5.84. The fourth-order valence-electron chi connectivity index (χ4n) is 1.84. The van der Waals surface area contributed by atoms with Crippen molar-refractivity contribution in [3.05, 3.63) is 45.4 Å². The van der Waals surface area contributed by atoms with E-state index in [0.717, 1.165) is 22.7 Å². The normalized spacial score (nSPS) is 10.4. The van der Waals surface area contributed by atoms with E-state index in [1.165, 1.54) is 0 Å². The van der Waals surface area contributed by atoms with E-state index < -0.39 is 5.97 Å². The highest BCUT2D eigenvalue weighted by Gasteiger charge is 2.09. The summed E-state index contributed by atoms with van der Waals surface area (Å²) in [5.41, 5.74) is 3.05. The first-order valence-electron chi connectivity index (χ1n) is 6.05. The summed E-state index contributed by atoms with van der Waals surface area (Å²) in [5, 5.41) is 15.4. The number of aryl methyl sites for hydroxylation is 2. The number of benzene rings is 1. The van der Waals surface area contributed by atoms with E-state index in [4.69, 9.17) is 5.11 Å². The minimum Gasteiger partial charge on any atom is -0.478 e. The van der Waals surface area contributed by atoms with Crippen molar-refractivity contribution in [3.8, 4) is 0 Å². The van der Waals surface area contributed by atoms with Gasteiger partial charge >= 0.3 is 5.97 Å². The fraction of sp³-hybridized carbons (Fsp3) is 0.286. The molecule has 1 aromatic carbocycles. The molecule has 1 aromatic heterocycles. The average molecular weight is 276 g/mol. The number of nitrogens with one attached hydrogen (secondary N) is 1. The number of aromatic carboxylic acids is 1. The number of hydrogen-bond donors (Lipinski definition) is 2. The summed E-state index contributed by atoms with van der Waals surface area (Å²) in [4.78, 5) is 15.5. The molecule has 2 N–H and O–H groups in total. The third-order valence-electron chi connectivity index (χ3n) is 2.77. The maximum atomic E-state index is 11.1. The highest BCUT2D eigenvalue weighted by molar-refractivity contribution is 7.09. The van der Waals surface area contributed by atoms with E-state index >= 15 is 0 Å². The lowest BCUT2D eigenvalue weighted by Gasteiger charge is -2.09. The molecule has 0 aliphatic carbocycles. The van der Waals surface area contributed by atoms with E-state index in [2.05, 4.69) is 10.3 Å². The van der Waals surface area contributed by atoms with Crippen molar-refractivity contribution in [3.63, 3.8) is 0 Å². The highest BCUT2D eigenvalue weighted by Crippen LogP contribution is 2.18. The molecule has 0 unspecified atom stereocenters. The molecule has 2 aromatic rings. The van der Waals surface area contributed by atoms with Crippen LogP contribution in [0.4, 0.5) is 5.69 Å². The van der Waals surface area contributed by atoms with Gasteiger partial charge in [0.05, 0.1) is 16.3 Å². The molecule has 0 atom stereocenters. The topological polar surface area (TPSA) is 62.2 Å². The van der Waals surface area contributed by atoms with Gasteiger partial charge in [-0.15, -0.1) is 11.3 Å². The zero-order valence-corrected chi connectivity index (χ0v) is 11.8. The second-order valence-electron chi connectivity index (χ2n) is 4.39. The number of rotatable bonds is 5. The number of carbonyl (C=O) groups is 1. The number of carboxylic acid groups (broad SMARTS) is 1. The second-order valence-corrected chi connectivity index (χ2v) is 5.45. The zero-order valence-electron chi connectivity index (χ0n) is 10.9. The van der Waals surface area contributed by atoms with Crippen LogP contribution >= 0.6 is 11.3 Å². The fourth-order valence-corrected chi connectivity index (χ4v) is 2.49. The number of anilines is 1. The van der Waals surface area contributed by atoms with Gasteiger partial charge in [-0.25, -0.2) is 9.78 Å². The quantitative estimate of drug-likeness (QED) is 0.880. The highest BCUT2D eigenvalue weighted by atomic mass is 32.1. The average Bonchev–Trinajstić information content (AvgIpc) is 2.75. The SMILES string of the molecule is Cc1ccc(C(=O)O)c(NCCc2csc(C)n2)c1. The molecule has 100 valence electrons. The molecule has 0 spiro atoms. The first kappa shape index (κ1) is 13.5. The largest absolute Gasteiger partial charge is 0.478 e. The molecule has 1 heterocycles. The minimum atomic E-state index is -0.910. The van der Waals surface area contributed by atoms with Crippen LogP contribution in [0.15, 0.2) is 23.6 Å². The molecule has 0 bridgehead atoms. The Labute approximate surface area is 116 Å². The van der Waals surface area contributed by atoms with Crippen LogP contribution in [-0.2, 0) is 6.42 Å². The van der Waals surface area contributed by atoms with E-state index in [9.17, 15) is 4.79 Å². The molecule has 19 heavy (non-hydrogen) atoms. The maximum absolute atomic E-state index is 11.1. The van der Waals surface area contributed by atoms with E-state index in [0.29, 0.717) is 17.8 Å². The van der Waals surface area contributed by atoms with Crippen molar-refractivity contribution in [2.24, 2.45) is 0 Å². The molecule has 2 rings (SSSR count). The van der Waals surface area contributed by atoms with Crippen molar-refractivity contribution < 1.29 is 9.90 Å². The Balaban J connectivity index is 2.02. The molecule has 5 heteroatoms. The van der Waals surface area contributed by atoms with Crippen LogP contribution in [0.1, 0.15) is 26.6 Å². The Kier molecular flexibility index (Phi) is 4.16. The number of thiazole rings is 1. The van der Waals surface area contributed by atoms with Crippen LogP contribution in [0, 0.1) is 13.8 Å². The predicted molar refractivity (Wildman–Crippen MR) is 77.2 cm³/mol. The van der Waals surface area contributed by atoms with Gasteiger partial charge in [-0.2, -0.15) is 0 Å². The van der Waals surface area contributed by atoms with Crippen LogP contribution in [0.5, 0.6) is 0 Å². The minimum absolute atomic E-state index is 0.306. The van der Waals surface area contributed by atoms with Crippen LogP contribution < -0.4 is 5.32 Å². The number of aromatic nitrogens is 1. The molecular formula is C14H16N2O2S. The number of hydrogen-bond acceptors (Lipinski definition) is 4. The third kappa shape index (κ3) is 3.54. The Morgan fingerprint density at radius 3 is 2.84 bits per heavy atom. The van der Waals surface area contributed by atoms with Crippen molar-refractivity contribution in [2.45, 2.75) is 20.3 Å². The van der Waals surface area contributed by atoms with Crippen LogP contribution in [0.2, 0.25) is 0 Å². The lowest BCUT2D eigenvalue weighted by Crippen LogP contribution is -2.10. The van der Waals surface area contributed by atoms with Crippen molar-refractivity contribution in [1.29, 1.82) is 0 Å². The van der Waals surface area contributed by atoms with Gasteiger partial charge in [0, 0.05) is 24.0 Å². The monoisotopic (exact) mass is 276 g/mol. The van der Waals surface area contributed by atoms with Crippen LogP contribution in [-0.4, -0.2) is 22.6 Å².